The topological polar surface area (TPSA) is 26.0 Å². The molecule has 0 amide bonds. The molecule has 1 saturated carbocycles. The van der Waals surface area contributed by atoms with Gasteiger partial charge in [-0.1, -0.05) is 12.1 Å². The predicted molar refractivity (Wildman–Crippen MR) is 42.8 cm³/mol. The fourth-order valence-electron chi connectivity index (χ4n) is 1.30. The van der Waals surface area contributed by atoms with Crippen LogP contribution in [0.25, 0.3) is 0 Å². The van der Waals surface area contributed by atoms with Gasteiger partial charge in [-0.25, -0.2) is 4.39 Å². The molecule has 0 aromatic heterocycles. The molecule has 0 bridgehead atoms. The molecule has 0 heterocycles. The minimum Gasteiger partial charge on any atom is -0.396 e. The molecule has 0 aliphatic heterocycles. The number of hydrogen-bond acceptors (Lipinski definition) is 1. The van der Waals surface area contributed by atoms with Crippen LogP contribution < -0.4 is 5.73 Å². The van der Waals surface area contributed by atoms with Crippen LogP contribution >= 0.6 is 0 Å². The normalized spacial score (nSPS) is 16.8. The van der Waals surface area contributed by atoms with Gasteiger partial charge in [-0.3, -0.25) is 0 Å². The summed E-state index contributed by atoms with van der Waals surface area (Å²) in [7, 11) is 0. The standard InChI is InChI=1S/C9H10FN/c10-8-3-1-2-7(9(8)11)6-4-5-6/h1-3,6H,4-5,11H2. The Morgan fingerprint density at radius 3 is 2.73 bits per heavy atom. The van der Waals surface area contributed by atoms with Crippen molar-refractivity contribution in [1.82, 2.24) is 0 Å². The molecule has 1 nitrogen and oxygen atoms in total. The first-order valence-corrected chi connectivity index (χ1v) is 3.83. The lowest BCUT2D eigenvalue weighted by molar-refractivity contribution is 0.630. The zero-order valence-corrected chi connectivity index (χ0v) is 6.18. The molecule has 0 unspecified atom stereocenters. The minimum atomic E-state index is -0.283. The third-order valence-corrected chi connectivity index (χ3v) is 2.10. The van der Waals surface area contributed by atoms with Crippen molar-refractivity contribution in [3.8, 4) is 0 Å². The number of nitrogen functional groups attached to an aromatic ring is 1. The molecule has 58 valence electrons. The second-order valence-electron chi connectivity index (χ2n) is 3.02. The maximum Gasteiger partial charge on any atom is 0.146 e. The Bertz CT molecular complexity index is 279. The van der Waals surface area contributed by atoms with Crippen LogP contribution in [0.2, 0.25) is 0 Å². The predicted octanol–water partition coefficient (Wildman–Crippen LogP) is 2.29. The van der Waals surface area contributed by atoms with E-state index in [-0.39, 0.29) is 5.82 Å². The van der Waals surface area contributed by atoms with Crippen molar-refractivity contribution in [2.45, 2.75) is 18.8 Å². The van der Waals surface area contributed by atoms with E-state index in [0.717, 1.165) is 18.4 Å². The van der Waals surface area contributed by atoms with Gasteiger partial charge in [0.1, 0.15) is 5.82 Å². The number of nitrogens with two attached hydrogens (primary N) is 1. The Balaban J connectivity index is 2.45. The van der Waals surface area contributed by atoms with Gasteiger partial charge < -0.3 is 5.73 Å². The lowest BCUT2D eigenvalue weighted by Crippen LogP contribution is -1.95. The maximum absolute atomic E-state index is 12.8. The van der Waals surface area contributed by atoms with Crippen molar-refractivity contribution in [3.05, 3.63) is 29.6 Å². The van der Waals surface area contributed by atoms with Gasteiger partial charge in [0.15, 0.2) is 0 Å². The van der Waals surface area contributed by atoms with Gasteiger partial charge in [0.05, 0.1) is 5.69 Å². The van der Waals surface area contributed by atoms with Gasteiger partial charge >= 0.3 is 0 Å². The molecule has 0 atom stereocenters. The molecule has 1 aliphatic rings. The van der Waals surface area contributed by atoms with Crippen molar-refractivity contribution < 1.29 is 4.39 Å². The summed E-state index contributed by atoms with van der Waals surface area (Å²) in [5.41, 5.74) is 6.88. The summed E-state index contributed by atoms with van der Waals surface area (Å²) < 4.78 is 12.8. The number of hydrogen-bond donors (Lipinski definition) is 1. The van der Waals surface area contributed by atoms with Crippen molar-refractivity contribution >= 4 is 5.69 Å². The minimum absolute atomic E-state index is 0.283. The van der Waals surface area contributed by atoms with E-state index < -0.39 is 0 Å². The summed E-state index contributed by atoms with van der Waals surface area (Å²) >= 11 is 0. The van der Waals surface area contributed by atoms with Gasteiger partial charge in [-0.15, -0.1) is 0 Å². The highest BCUT2D eigenvalue weighted by molar-refractivity contribution is 5.51. The zero-order chi connectivity index (χ0) is 7.84. The molecule has 0 radical (unpaired) electrons. The van der Waals surface area contributed by atoms with E-state index in [0.29, 0.717) is 11.6 Å². The molecular formula is C9H10FN. The number of rotatable bonds is 1. The number of benzene rings is 1. The summed E-state index contributed by atoms with van der Waals surface area (Å²) in [6.07, 6.45) is 2.32. The van der Waals surface area contributed by atoms with Crippen molar-refractivity contribution in [2.24, 2.45) is 0 Å². The van der Waals surface area contributed by atoms with Crippen LogP contribution in [-0.2, 0) is 0 Å². The highest BCUT2D eigenvalue weighted by Gasteiger charge is 2.26. The fourth-order valence-corrected chi connectivity index (χ4v) is 1.30. The molecule has 1 aromatic carbocycles. The zero-order valence-electron chi connectivity index (χ0n) is 6.18. The molecule has 0 saturated heterocycles. The van der Waals surface area contributed by atoms with E-state index in [9.17, 15) is 4.39 Å². The molecule has 1 aromatic rings. The molecule has 2 rings (SSSR count). The van der Waals surface area contributed by atoms with E-state index in [4.69, 9.17) is 5.73 Å². The lowest BCUT2D eigenvalue weighted by atomic mass is 10.1. The first-order valence-electron chi connectivity index (χ1n) is 3.83. The first kappa shape index (κ1) is 6.65. The van der Waals surface area contributed by atoms with Crippen LogP contribution in [0.4, 0.5) is 10.1 Å². The summed E-state index contributed by atoms with van der Waals surface area (Å²) in [6, 6.07) is 5.04. The molecule has 1 aliphatic carbocycles. The van der Waals surface area contributed by atoms with E-state index in [1.165, 1.54) is 6.07 Å². The molecule has 2 heteroatoms. The fraction of sp³-hybridized carbons (Fsp3) is 0.333. The first-order chi connectivity index (χ1) is 5.29. The smallest absolute Gasteiger partial charge is 0.146 e. The number of anilines is 1. The average Bonchev–Trinajstić information content (AvgIpc) is 2.77. The maximum atomic E-state index is 12.8. The average molecular weight is 151 g/mol. The van der Waals surface area contributed by atoms with Gasteiger partial charge in [0.25, 0.3) is 0 Å². The molecule has 1 fully saturated rings. The molecule has 0 spiro atoms. The second kappa shape index (κ2) is 2.22. The monoisotopic (exact) mass is 151 g/mol. The van der Waals surface area contributed by atoms with Crippen LogP contribution in [0, 0.1) is 5.82 Å². The largest absolute Gasteiger partial charge is 0.396 e. The lowest BCUT2D eigenvalue weighted by Gasteiger charge is -2.02. The Kier molecular flexibility index (Phi) is 1.34. The molecule has 2 N–H and O–H groups in total. The van der Waals surface area contributed by atoms with Crippen LogP contribution in [0.15, 0.2) is 18.2 Å². The Morgan fingerprint density at radius 2 is 2.09 bits per heavy atom. The van der Waals surface area contributed by atoms with Crippen LogP contribution in [0.1, 0.15) is 24.3 Å². The summed E-state index contributed by atoms with van der Waals surface area (Å²) in [6.45, 7) is 0. The highest BCUT2D eigenvalue weighted by atomic mass is 19.1. The second-order valence-corrected chi connectivity index (χ2v) is 3.02. The summed E-state index contributed by atoms with van der Waals surface area (Å²) in [5.74, 6) is 0.250. The number of para-hydroxylation sites is 1. The van der Waals surface area contributed by atoms with Crippen LogP contribution in [-0.4, -0.2) is 0 Å². The van der Waals surface area contributed by atoms with E-state index in [1.807, 2.05) is 6.07 Å². The number of halogens is 1. The summed E-state index contributed by atoms with van der Waals surface area (Å²) in [4.78, 5) is 0. The Morgan fingerprint density at radius 1 is 1.36 bits per heavy atom. The summed E-state index contributed by atoms with van der Waals surface area (Å²) in [5, 5.41) is 0. The van der Waals surface area contributed by atoms with E-state index >= 15 is 0 Å². The third-order valence-electron chi connectivity index (χ3n) is 2.10. The Hall–Kier alpha value is -1.05. The van der Waals surface area contributed by atoms with Crippen molar-refractivity contribution in [2.75, 3.05) is 5.73 Å². The Labute approximate surface area is 65.0 Å². The highest BCUT2D eigenvalue weighted by Crippen LogP contribution is 2.42. The van der Waals surface area contributed by atoms with Crippen molar-refractivity contribution in [3.63, 3.8) is 0 Å². The third kappa shape index (κ3) is 1.09. The van der Waals surface area contributed by atoms with E-state index in [2.05, 4.69) is 0 Å². The van der Waals surface area contributed by atoms with Crippen molar-refractivity contribution in [1.29, 1.82) is 0 Å². The van der Waals surface area contributed by atoms with Crippen LogP contribution in [0.3, 0.4) is 0 Å². The van der Waals surface area contributed by atoms with Crippen LogP contribution in [0.5, 0.6) is 0 Å². The van der Waals surface area contributed by atoms with Gasteiger partial charge in [-0.2, -0.15) is 0 Å². The molecule has 11 heavy (non-hydrogen) atoms. The van der Waals surface area contributed by atoms with Gasteiger partial charge in [0.2, 0.25) is 0 Å². The molecular weight excluding hydrogens is 141 g/mol. The van der Waals surface area contributed by atoms with E-state index in [1.54, 1.807) is 6.07 Å². The quantitative estimate of drug-likeness (QED) is 0.612. The van der Waals surface area contributed by atoms with Gasteiger partial charge in [0, 0.05) is 0 Å². The SMILES string of the molecule is Nc1c(F)cccc1C1CC1. The van der Waals surface area contributed by atoms with Gasteiger partial charge in [-0.05, 0) is 30.4 Å².